The lowest BCUT2D eigenvalue weighted by Crippen LogP contribution is -2.68. The van der Waals surface area contributed by atoms with Crippen LogP contribution < -0.4 is 15.4 Å². The Hall–Kier alpha value is -3.61. The zero-order chi connectivity index (χ0) is 33.6. The van der Waals surface area contributed by atoms with E-state index in [0.29, 0.717) is 28.0 Å². The predicted molar refractivity (Wildman–Crippen MR) is 164 cm³/mol. The number of aromatic nitrogens is 1. The molecule has 0 unspecified atom stereocenters. The van der Waals surface area contributed by atoms with Gasteiger partial charge in [0.25, 0.3) is 0 Å². The summed E-state index contributed by atoms with van der Waals surface area (Å²) < 4.78 is 114. The molecular formula is C32H34F6N4O4S. The Morgan fingerprint density at radius 2 is 1.72 bits per heavy atom. The Labute approximate surface area is 268 Å². The molecule has 254 valence electrons. The van der Waals surface area contributed by atoms with Crippen LogP contribution in [0.4, 0.5) is 37.7 Å². The standard InChI is InChI=1S/C32H34F6N4O4S/c1-47(43,44)24-11-12-27(29(15-24)46-32(36,37)38)39-13-3-4-23-14-25-26(5-2-6-28(25)42(23)18-31(33,34)35)40-21-7-9-22(10-8-21)41-16-30(17-41)19-45-20-30/h2,5-6,11-12,14-15,21-22,39-40H,7-10,13,16-20H2,1H3/t21-,22-. The van der Waals surface area contributed by atoms with E-state index in [4.69, 9.17) is 4.74 Å². The first-order chi connectivity index (χ1) is 22.1. The topological polar surface area (TPSA) is 84.8 Å². The first kappa shape index (κ1) is 33.3. The molecule has 1 spiro atoms. The number of hydrogen-bond donors (Lipinski definition) is 2. The minimum Gasteiger partial charge on any atom is -0.404 e. The summed E-state index contributed by atoms with van der Waals surface area (Å²) in [7, 11) is -3.82. The summed E-state index contributed by atoms with van der Waals surface area (Å²) in [6, 6.07) is 10.4. The van der Waals surface area contributed by atoms with Gasteiger partial charge in [0, 0.05) is 54.0 Å². The molecule has 2 aromatic carbocycles. The van der Waals surface area contributed by atoms with Crippen LogP contribution in [0.2, 0.25) is 0 Å². The predicted octanol–water partition coefficient (Wildman–Crippen LogP) is 6.02. The molecule has 8 nitrogen and oxygen atoms in total. The normalized spacial score (nSPS) is 21.4. The van der Waals surface area contributed by atoms with Gasteiger partial charge in [-0.3, -0.25) is 4.90 Å². The summed E-state index contributed by atoms with van der Waals surface area (Å²) in [5, 5.41) is 6.77. The molecular weight excluding hydrogens is 650 g/mol. The van der Waals surface area contributed by atoms with Gasteiger partial charge in [0.05, 0.1) is 41.6 Å². The summed E-state index contributed by atoms with van der Waals surface area (Å²) in [4.78, 5) is 2.15. The Bertz CT molecular complexity index is 1790. The molecule has 1 aromatic heterocycles. The third kappa shape index (κ3) is 7.76. The average molecular weight is 685 g/mol. The molecule has 0 amide bonds. The van der Waals surface area contributed by atoms with Crippen molar-refractivity contribution in [1.29, 1.82) is 0 Å². The van der Waals surface area contributed by atoms with Gasteiger partial charge in [-0.05, 0) is 61.9 Å². The highest BCUT2D eigenvalue weighted by atomic mass is 32.2. The maximum Gasteiger partial charge on any atom is 0.573 e. The monoisotopic (exact) mass is 684 g/mol. The van der Waals surface area contributed by atoms with Crippen LogP contribution in [0.5, 0.6) is 5.75 Å². The molecule has 3 aliphatic rings. The first-order valence-electron chi connectivity index (χ1n) is 15.2. The molecule has 1 saturated carbocycles. The van der Waals surface area contributed by atoms with E-state index in [-0.39, 0.29) is 28.9 Å². The molecule has 3 aromatic rings. The molecule has 2 N–H and O–H groups in total. The average Bonchev–Trinajstić information content (AvgIpc) is 3.26. The van der Waals surface area contributed by atoms with Crippen LogP contribution in [0.3, 0.4) is 0 Å². The SMILES string of the molecule is CS(=O)(=O)c1ccc(NCC#Cc2cc3c(N[C@H]4CC[C@H](N5CC6(COC6)C5)CC4)cccc3n2CC(F)(F)F)c(OC(F)(F)F)c1. The molecule has 1 aliphatic carbocycles. The van der Waals surface area contributed by atoms with Gasteiger partial charge >= 0.3 is 12.5 Å². The van der Waals surface area contributed by atoms with Gasteiger partial charge in [-0.25, -0.2) is 8.42 Å². The van der Waals surface area contributed by atoms with Crippen LogP contribution in [-0.2, 0) is 21.1 Å². The van der Waals surface area contributed by atoms with Crippen molar-refractivity contribution in [2.24, 2.45) is 5.41 Å². The van der Waals surface area contributed by atoms with Crippen LogP contribution in [-0.4, -0.2) is 81.6 Å². The molecule has 6 rings (SSSR count). The lowest BCUT2D eigenvalue weighted by Gasteiger charge is -2.58. The number of halogens is 6. The highest BCUT2D eigenvalue weighted by molar-refractivity contribution is 7.90. The zero-order valence-corrected chi connectivity index (χ0v) is 26.3. The van der Waals surface area contributed by atoms with Crippen molar-refractivity contribution in [3.63, 3.8) is 0 Å². The lowest BCUT2D eigenvalue weighted by atomic mass is 9.75. The minimum absolute atomic E-state index is 0.0861. The number of hydrogen-bond acceptors (Lipinski definition) is 7. The Morgan fingerprint density at radius 1 is 1.00 bits per heavy atom. The van der Waals surface area contributed by atoms with Crippen molar-refractivity contribution in [3.8, 4) is 17.6 Å². The third-order valence-corrected chi connectivity index (χ3v) is 10.1. The van der Waals surface area contributed by atoms with Crippen molar-refractivity contribution in [2.45, 2.75) is 61.7 Å². The van der Waals surface area contributed by atoms with Gasteiger partial charge in [-0.15, -0.1) is 13.2 Å². The largest absolute Gasteiger partial charge is 0.573 e. The molecule has 0 atom stereocenters. The number of sulfone groups is 1. The van der Waals surface area contributed by atoms with E-state index in [0.717, 1.165) is 81.0 Å². The van der Waals surface area contributed by atoms with Crippen LogP contribution >= 0.6 is 0 Å². The van der Waals surface area contributed by atoms with Crippen LogP contribution in [0, 0.1) is 17.3 Å². The van der Waals surface area contributed by atoms with Gasteiger partial charge in [0.15, 0.2) is 15.6 Å². The van der Waals surface area contributed by atoms with Gasteiger partial charge in [0.1, 0.15) is 6.54 Å². The fraction of sp³-hybridized carbons (Fsp3) is 0.500. The fourth-order valence-electron chi connectivity index (χ4n) is 6.68. The van der Waals surface area contributed by atoms with Gasteiger partial charge < -0.3 is 24.7 Å². The van der Waals surface area contributed by atoms with Crippen molar-refractivity contribution in [2.75, 3.05) is 49.7 Å². The van der Waals surface area contributed by atoms with Crippen molar-refractivity contribution < 1.29 is 44.2 Å². The maximum absolute atomic E-state index is 13.7. The van der Waals surface area contributed by atoms with E-state index in [9.17, 15) is 34.8 Å². The second kappa shape index (κ2) is 12.4. The summed E-state index contributed by atoms with van der Waals surface area (Å²) in [5.41, 5.74) is 1.32. The van der Waals surface area contributed by atoms with Crippen LogP contribution in [0.15, 0.2) is 47.4 Å². The number of ether oxygens (including phenoxy) is 2. The van der Waals surface area contributed by atoms with Crippen LogP contribution in [0.1, 0.15) is 31.4 Å². The molecule has 3 heterocycles. The van der Waals surface area contributed by atoms with Gasteiger partial charge in [-0.2, -0.15) is 13.2 Å². The zero-order valence-electron chi connectivity index (χ0n) is 25.5. The fourth-order valence-corrected chi connectivity index (χ4v) is 7.31. The molecule has 47 heavy (non-hydrogen) atoms. The van der Waals surface area contributed by atoms with Crippen molar-refractivity contribution >= 4 is 32.1 Å². The molecule has 2 saturated heterocycles. The maximum atomic E-state index is 13.7. The van der Waals surface area contributed by atoms with Gasteiger partial charge in [0.2, 0.25) is 0 Å². The highest BCUT2D eigenvalue weighted by Gasteiger charge is 2.50. The van der Waals surface area contributed by atoms with Crippen LogP contribution in [0.25, 0.3) is 10.9 Å². The van der Waals surface area contributed by atoms with E-state index >= 15 is 0 Å². The Morgan fingerprint density at radius 3 is 2.34 bits per heavy atom. The molecule has 15 heteroatoms. The molecule has 0 bridgehead atoms. The number of rotatable bonds is 8. The minimum atomic E-state index is -5.09. The Kier molecular flexibility index (Phi) is 8.82. The first-order valence-corrected chi connectivity index (χ1v) is 17.1. The summed E-state index contributed by atoms with van der Waals surface area (Å²) >= 11 is 0. The smallest absolute Gasteiger partial charge is 0.404 e. The van der Waals surface area contributed by atoms with E-state index in [1.54, 1.807) is 18.2 Å². The van der Waals surface area contributed by atoms with E-state index in [2.05, 4.69) is 32.1 Å². The number of likely N-dealkylation sites (tertiary alicyclic amines) is 1. The number of nitrogens with zero attached hydrogens (tertiary/aromatic N) is 2. The number of fused-ring (bicyclic) bond motifs is 1. The van der Waals surface area contributed by atoms with E-state index in [1.165, 1.54) is 0 Å². The highest BCUT2D eigenvalue weighted by Crippen LogP contribution is 2.41. The van der Waals surface area contributed by atoms with E-state index < -0.39 is 34.7 Å². The van der Waals surface area contributed by atoms with E-state index in [1.807, 2.05) is 6.07 Å². The number of alkyl halides is 6. The van der Waals surface area contributed by atoms with Crippen molar-refractivity contribution in [3.05, 3.63) is 48.2 Å². The molecule has 2 aliphatic heterocycles. The quantitative estimate of drug-likeness (QED) is 0.222. The number of nitrogens with one attached hydrogen (secondary N) is 2. The molecule has 0 radical (unpaired) electrons. The number of benzene rings is 2. The lowest BCUT2D eigenvalue weighted by molar-refractivity contribution is -0.274. The number of anilines is 2. The second-order valence-electron chi connectivity index (χ2n) is 12.7. The molecule has 3 fully saturated rings. The second-order valence-corrected chi connectivity index (χ2v) is 14.7. The Balaban J connectivity index is 1.17. The van der Waals surface area contributed by atoms with Crippen molar-refractivity contribution in [1.82, 2.24) is 9.47 Å². The summed E-state index contributed by atoms with van der Waals surface area (Å²) in [6.07, 6.45) is -4.83. The van der Waals surface area contributed by atoms with Gasteiger partial charge in [-0.1, -0.05) is 12.0 Å². The third-order valence-electron chi connectivity index (χ3n) is 8.94. The summed E-state index contributed by atoms with van der Waals surface area (Å²) in [5.74, 6) is 4.62. The summed E-state index contributed by atoms with van der Waals surface area (Å²) in [6.45, 7) is 2.32.